The monoisotopic (exact) mass is 321 g/mol. The van der Waals surface area contributed by atoms with Crippen LogP contribution in [0.2, 0.25) is 0 Å². The fourth-order valence-corrected chi connectivity index (χ4v) is 2.35. The normalized spacial score (nSPS) is 15.7. The minimum Gasteiger partial charge on any atom is -0.497 e. The third-order valence-corrected chi connectivity index (χ3v) is 3.79. The molecule has 2 rings (SSSR count). The molecule has 0 atom stereocenters. The number of nitrogens with one attached hydrogen (secondary N) is 1. The predicted octanol–water partition coefficient (Wildman–Crippen LogP) is 3.45. The van der Waals surface area contributed by atoms with Crippen LogP contribution in [0, 0.1) is 5.41 Å². The molecule has 6 nitrogen and oxygen atoms in total. The van der Waals surface area contributed by atoms with Crippen molar-refractivity contribution in [3.63, 3.8) is 0 Å². The van der Waals surface area contributed by atoms with E-state index in [-0.39, 0.29) is 0 Å². The van der Waals surface area contributed by atoms with Gasteiger partial charge in [-0.25, -0.2) is 4.79 Å². The fourth-order valence-electron chi connectivity index (χ4n) is 2.35. The molecule has 0 spiro atoms. The van der Waals surface area contributed by atoms with E-state index in [1.165, 1.54) is 7.11 Å². The van der Waals surface area contributed by atoms with Crippen LogP contribution in [0.15, 0.2) is 18.2 Å². The van der Waals surface area contributed by atoms with Gasteiger partial charge in [0.15, 0.2) is 0 Å². The van der Waals surface area contributed by atoms with Gasteiger partial charge in [0, 0.05) is 6.07 Å². The van der Waals surface area contributed by atoms with Crippen molar-refractivity contribution in [2.75, 3.05) is 12.4 Å². The van der Waals surface area contributed by atoms with E-state index in [0.29, 0.717) is 30.7 Å². The lowest BCUT2D eigenvalue weighted by atomic mass is 9.95. The number of carbonyl (C=O) groups is 2. The summed E-state index contributed by atoms with van der Waals surface area (Å²) in [5.74, 6) is -0.212. The Kier molecular flexibility index (Phi) is 4.54. The topological polar surface area (TPSA) is 84.9 Å². The van der Waals surface area contributed by atoms with Crippen LogP contribution in [0.25, 0.3) is 0 Å². The maximum atomic E-state index is 12.0. The van der Waals surface area contributed by atoms with Crippen molar-refractivity contribution in [1.29, 1.82) is 0 Å². The highest BCUT2D eigenvalue weighted by Crippen LogP contribution is 2.49. The molecule has 2 N–H and O–H groups in total. The molecule has 6 heteroatoms. The first-order chi connectivity index (χ1) is 10.6. The first-order valence-electron chi connectivity index (χ1n) is 7.55. The van der Waals surface area contributed by atoms with Crippen LogP contribution in [0.3, 0.4) is 0 Å². The minimum atomic E-state index is -0.795. The van der Waals surface area contributed by atoms with Crippen LogP contribution in [0.1, 0.15) is 39.2 Å². The molecule has 0 aromatic heterocycles. The van der Waals surface area contributed by atoms with Gasteiger partial charge < -0.3 is 14.6 Å². The Labute approximate surface area is 135 Å². The van der Waals surface area contributed by atoms with E-state index in [1.54, 1.807) is 39.0 Å². The van der Waals surface area contributed by atoms with Gasteiger partial charge in [-0.15, -0.1) is 0 Å². The molecule has 0 unspecified atom stereocenters. The van der Waals surface area contributed by atoms with Gasteiger partial charge in [-0.3, -0.25) is 10.1 Å². The van der Waals surface area contributed by atoms with E-state index in [2.05, 4.69) is 5.32 Å². The van der Waals surface area contributed by atoms with Gasteiger partial charge in [0.1, 0.15) is 11.4 Å². The Balaban J connectivity index is 2.22. The Bertz CT molecular complexity index is 614. The third-order valence-electron chi connectivity index (χ3n) is 3.79. The molecule has 1 aromatic carbocycles. The lowest BCUT2D eigenvalue weighted by molar-refractivity contribution is -0.143. The average Bonchev–Trinajstić information content (AvgIpc) is 3.19. The van der Waals surface area contributed by atoms with Crippen LogP contribution < -0.4 is 10.1 Å². The van der Waals surface area contributed by atoms with Crippen molar-refractivity contribution in [3.05, 3.63) is 23.8 Å². The summed E-state index contributed by atoms with van der Waals surface area (Å²) in [6.45, 7) is 5.34. The number of carboxylic acid groups (broad SMARTS) is 1. The minimum absolute atomic E-state index is 0.372. The first-order valence-corrected chi connectivity index (χ1v) is 7.55. The highest BCUT2D eigenvalue weighted by Gasteiger charge is 2.50. The van der Waals surface area contributed by atoms with Crippen LogP contribution in [0.5, 0.6) is 5.75 Å². The van der Waals surface area contributed by atoms with E-state index in [9.17, 15) is 14.7 Å². The number of rotatable bonds is 5. The smallest absolute Gasteiger partial charge is 0.412 e. The zero-order valence-electron chi connectivity index (χ0n) is 13.9. The summed E-state index contributed by atoms with van der Waals surface area (Å²) in [4.78, 5) is 23.4. The number of carboxylic acids is 1. The van der Waals surface area contributed by atoms with Gasteiger partial charge in [0.05, 0.1) is 18.2 Å². The van der Waals surface area contributed by atoms with Gasteiger partial charge in [-0.05, 0) is 51.7 Å². The molecule has 0 saturated heterocycles. The third kappa shape index (κ3) is 4.37. The molecule has 1 saturated carbocycles. The Morgan fingerprint density at radius 2 is 1.96 bits per heavy atom. The molecule has 0 bridgehead atoms. The first kappa shape index (κ1) is 17.1. The van der Waals surface area contributed by atoms with E-state index < -0.39 is 23.1 Å². The molecular weight excluding hydrogens is 298 g/mol. The SMILES string of the molecule is COc1ccc(CC2(C(=O)O)CC2)c(NC(=O)OC(C)(C)C)c1. The second-order valence-corrected chi connectivity index (χ2v) is 6.91. The number of hydrogen-bond acceptors (Lipinski definition) is 4. The summed E-state index contributed by atoms with van der Waals surface area (Å²) >= 11 is 0. The number of benzene rings is 1. The van der Waals surface area contributed by atoms with Crippen molar-refractivity contribution >= 4 is 17.7 Å². The predicted molar refractivity (Wildman–Crippen MR) is 85.9 cm³/mol. The molecule has 1 fully saturated rings. The molecule has 126 valence electrons. The number of hydrogen-bond donors (Lipinski definition) is 2. The van der Waals surface area contributed by atoms with Gasteiger partial charge in [0.25, 0.3) is 0 Å². The van der Waals surface area contributed by atoms with Crippen molar-refractivity contribution < 1.29 is 24.2 Å². The maximum absolute atomic E-state index is 12.0. The molecule has 0 radical (unpaired) electrons. The maximum Gasteiger partial charge on any atom is 0.412 e. The summed E-state index contributed by atoms with van der Waals surface area (Å²) < 4.78 is 10.4. The van der Waals surface area contributed by atoms with Gasteiger partial charge in [-0.2, -0.15) is 0 Å². The quantitative estimate of drug-likeness (QED) is 0.867. The molecule has 0 heterocycles. The van der Waals surface area contributed by atoms with Gasteiger partial charge >= 0.3 is 12.1 Å². The van der Waals surface area contributed by atoms with Gasteiger partial charge in [0.2, 0.25) is 0 Å². The molecule has 1 amide bonds. The molecule has 1 aromatic rings. The van der Waals surface area contributed by atoms with Crippen LogP contribution in [-0.4, -0.2) is 29.9 Å². The molecule has 1 aliphatic rings. The largest absolute Gasteiger partial charge is 0.497 e. The van der Waals surface area contributed by atoms with E-state index in [0.717, 1.165) is 5.56 Å². The second-order valence-electron chi connectivity index (χ2n) is 6.91. The number of ether oxygens (including phenoxy) is 2. The average molecular weight is 321 g/mol. The zero-order chi connectivity index (χ0) is 17.3. The Hall–Kier alpha value is -2.24. The number of amides is 1. The summed E-state index contributed by atoms with van der Waals surface area (Å²) in [5.41, 5.74) is -0.0383. The van der Waals surface area contributed by atoms with Crippen molar-refractivity contribution in [2.24, 2.45) is 5.41 Å². The number of anilines is 1. The van der Waals surface area contributed by atoms with Crippen LogP contribution in [-0.2, 0) is 16.0 Å². The highest BCUT2D eigenvalue weighted by atomic mass is 16.6. The lowest BCUT2D eigenvalue weighted by Crippen LogP contribution is -2.28. The molecular formula is C17H23NO5. The number of methoxy groups -OCH3 is 1. The van der Waals surface area contributed by atoms with Crippen molar-refractivity contribution in [2.45, 2.75) is 45.6 Å². The number of carbonyl (C=O) groups excluding carboxylic acids is 1. The fraction of sp³-hybridized carbons (Fsp3) is 0.529. The van der Waals surface area contributed by atoms with Crippen molar-refractivity contribution in [3.8, 4) is 5.75 Å². The second kappa shape index (κ2) is 6.10. The lowest BCUT2D eigenvalue weighted by Gasteiger charge is -2.21. The van der Waals surface area contributed by atoms with Gasteiger partial charge in [-0.1, -0.05) is 6.07 Å². The zero-order valence-corrected chi connectivity index (χ0v) is 13.9. The standard InChI is InChI=1S/C17H23NO5/c1-16(2,3)23-15(21)18-13-9-12(22-4)6-5-11(13)10-17(7-8-17)14(19)20/h5-6,9H,7-8,10H2,1-4H3,(H,18,21)(H,19,20). The number of aliphatic carboxylic acids is 1. The summed E-state index contributed by atoms with van der Waals surface area (Å²) in [5, 5.41) is 12.1. The van der Waals surface area contributed by atoms with E-state index >= 15 is 0 Å². The Morgan fingerprint density at radius 3 is 2.43 bits per heavy atom. The van der Waals surface area contributed by atoms with Crippen molar-refractivity contribution in [1.82, 2.24) is 0 Å². The van der Waals surface area contributed by atoms with Crippen LogP contribution in [0.4, 0.5) is 10.5 Å². The molecule has 1 aliphatic carbocycles. The summed E-state index contributed by atoms with van der Waals surface area (Å²) in [6.07, 6.45) is 1.10. The van der Waals surface area contributed by atoms with E-state index in [4.69, 9.17) is 9.47 Å². The summed E-state index contributed by atoms with van der Waals surface area (Å²) in [7, 11) is 1.53. The highest BCUT2D eigenvalue weighted by molar-refractivity contribution is 5.87. The Morgan fingerprint density at radius 1 is 1.30 bits per heavy atom. The molecule has 23 heavy (non-hydrogen) atoms. The molecule has 0 aliphatic heterocycles. The van der Waals surface area contributed by atoms with Crippen LogP contribution >= 0.6 is 0 Å². The summed E-state index contributed by atoms with van der Waals surface area (Å²) in [6, 6.07) is 5.22. The van der Waals surface area contributed by atoms with E-state index in [1.807, 2.05) is 0 Å².